The Hall–Kier alpha value is -0.303. The van der Waals surface area contributed by atoms with Gasteiger partial charge in [-0.1, -0.05) is 82.8 Å². The number of fused-ring (bicyclic) bond motifs is 1. The fourth-order valence-electron chi connectivity index (χ4n) is 5.70. The first kappa shape index (κ1) is 15.6. The fourth-order valence-corrected chi connectivity index (χ4v) is 10.4. The Morgan fingerprint density at radius 2 is 1.67 bits per heavy atom. The molecule has 4 atom stereocenters. The van der Waals surface area contributed by atoms with Crippen molar-refractivity contribution in [3.63, 3.8) is 0 Å². The summed E-state index contributed by atoms with van der Waals surface area (Å²) in [6, 6.07) is 0. The highest BCUT2D eigenvalue weighted by molar-refractivity contribution is 6.80. The maximum atomic E-state index is 2.74. The lowest BCUT2D eigenvalue weighted by Crippen LogP contribution is -2.39. The number of allylic oxidation sites excluding steroid dienone is 4. The zero-order valence-corrected chi connectivity index (χ0v) is 15.4. The van der Waals surface area contributed by atoms with Crippen LogP contribution in [0.2, 0.25) is 24.2 Å². The molecule has 0 nitrogen and oxygen atoms in total. The maximum Gasteiger partial charge on any atom is 0.0542 e. The van der Waals surface area contributed by atoms with Gasteiger partial charge < -0.3 is 0 Å². The zero-order chi connectivity index (χ0) is 14.9. The maximum absolute atomic E-state index is 2.74. The summed E-state index contributed by atoms with van der Waals surface area (Å²) in [5.41, 5.74) is 2.17. The Balaban J connectivity index is 1.78. The predicted molar refractivity (Wildman–Crippen MR) is 96.3 cm³/mol. The summed E-state index contributed by atoms with van der Waals surface area (Å²) < 4.78 is 0. The van der Waals surface area contributed by atoms with Gasteiger partial charge in [-0.2, -0.15) is 0 Å². The van der Waals surface area contributed by atoms with Gasteiger partial charge in [0.25, 0.3) is 0 Å². The highest BCUT2D eigenvalue weighted by Gasteiger charge is 2.50. The second-order valence-corrected chi connectivity index (χ2v) is 13.7. The highest BCUT2D eigenvalue weighted by Crippen LogP contribution is 2.58. The second-order valence-electron chi connectivity index (χ2n) is 8.47. The van der Waals surface area contributed by atoms with Crippen molar-refractivity contribution in [3.05, 3.63) is 24.3 Å². The van der Waals surface area contributed by atoms with Crippen LogP contribution in [0.1, 0.15) is 58.3 Å². The highest BCUT2D eigenvalue weighted by atomic mass is 28.3. The molecule has 0 radical (unpaired) electrons. The van der Waals surface area contributed by atoms with E-state index in [9.17, 15) is 0 Å². The number of unbranched alkanes of at least 4 members (excludes halogenated alkanes) is 1. The van der Waals surface area contributed by atoms with Crippen molar-refractivity contribution in [1.29, 1.82) is 0 Å². The molecule has 3 rings (SSSR count). The van der Waals surface area contributed by atoms with Crippen molar-refractivity contribution < 1.29 is 0 Å². The van der Waals surface area contributed by atoms with Gasteiger partial charge in [-0.25, -0.2) is 0 Å². The van der Waals surface area contributed by atoms with Crippen molar-refractivity contribution in [1.82, 2.24) is 0 Å². The van der Waals surface area contributed by atoms with Gasteiger partial charge in [0.1, 0.15) is 0 Å². The standard InChI is InChI=1S/C20H34Si/c1-4-5-10-16-15-20(19-14-9-8-13-18(16)19)21(2,3)17-11-6-7-12-17/h8-9,13-14,16-20H,4-7,10-12,15H2,1-3H3. The third-order valence-electron chi connectivity index (χ3n) is 7.08. The normalized spacial score (nSPS) is 36.3. The van der Waals surface area contributed by atoms with Crippen molar-refractivity contribution in [3.8, 4) is 0 Å². The SMILES string of the molecule is CCCCC1CC([Si](C)(C)C2CCCC2)C2C=CC=CC12. The lowest BCUT2D eigenvalue weighted by Gasteiger charge is -2.39. The fraction of sp³-hybridized carbons (Fsp3) is 0.800. The van der Waals surface area contributed by atoms with Crippen LogP contribution in [0, 0.1) is 17.8 Å². The summed E-state index contributed by atoms with van der Waals surface area (Å²) in [4.78, 5) is 0. The van der Waals surface area contributed by atoms with Gasteiger partial charge in [0.2, 0.25) is 0 Å². The van der Waals surface area contributed by atoms with E-state index in [-0.39, 0.29) is 0 Å². The first-order valence-electron chi connectivity index (χ1n) is 9.49. The zero-order valence-electron chi connectivity index (χ0n) is 14.4. The first-order chi connectivity index (χ1) is 10.1. The van der Waals surface area contributed by atoms with Gasteiger partial charge in [-0.3, -0.25) is 0 Å². The van der Waals surface area contributed by atoms with Crippen LogP contribution in [0.3, 0.4) is 0 Å². The molecule has 2 fully saturated rings. The lowest BCUT2D eigenvalue weighted by molar-refractivity contribution is 0.383. The summed E-state index contributed by atoms with van der Waals surface area (Å²) in [7, 11) is -1.11. The van der Waals surface area contributed by atoms with Crippen LogP contribution >= 0.6 is 0 Å². The molecule has 0 N–H and O–H groups in total. The average Bonchev–Trinajstić information content (AvgIpc) is 3.14. The molecule has 0 aromatic carbocycles. The van der Waals surface area contributed by atoms with Crippen LogP contribution in [-0.4, -0.2) is 8.07 Å². The van der Waals surface area contributed by atoms with E-state index in [1.807, 2.05) is 0 Å². The van der Waals surface area contributed by atoms with E-state index >= 15 is 0 Å². The molecule has 0 aromatic heterocycles. The Morgan fingerprint density at radius 3 is 2.33 bits per heavy atom. The number of hydrogen-bond acceptors (Lipinski definition) is 0. The molecule has 118 valence electrons. The Morgan fingerprint density at radius 1 is 1.00 bits per heavy atom. The molecule has 4 unspecified atom stereocenters. The molecule has 0 amide bonds. The van der Waals surface area contributed by atoms with Crippen LogP contribution in [0.4, 0.5) is 0 Å². The van der Waals surface area contributed by atoms with Crippen molar-refractivity contribution in [2.45, 2.75) is 82.5 Å². The van der Waals surface area contributed by atoms with E-state index in [4.69, 9.17) is 0 Å². The summed E-state index contributed by atoms with van der Waals surface area (Å²) in [6.07, 6.45) is 21.7. The van der Waals surface area contributed by atoms with E-state index in [2.05, 4.69) is 44.3 Å². The van der Waals surface area contributed by atoms with E-state index < -0.39 is 8.07 Å². The molecule has 0 aliphatic heterocycles. The van der Waals surface area contributed by atoms with E-state index in [1.165, 1.54) is 32.1 Å². The van der Waals surface area contributed by atoms with Crippen LogP contribution < -0.4 is 0 Å². The number of hydrogen-bond donors (Lipinski definition) is 0. The molecule has 0 aromatic rings. The van der Waals surface area contributed by atoms with Gasteiger partial charge in [-0.05, 0) is 41.7 Å². The van der Waals surface area contributed by atoms with Gasteiger partial charge in [0, 0.05) is 0 Å². The molecular formula is C20H34Si. The molecule has 3 aliphatic rings. The van der Waals surface area contributed by atoms with Gasteiger partial charge in [0.15, 0.2) is 0 Å². The summed E-state index contributed by atoms with van der Waals surface area (Å²) in [5.74, 6) is 2.74. The minimum atomic E-state index is -1.11. The molecule has 0 spiro atoms. The topological polar surface area (TPSA) is 0 Å². The monoisotopic (exact) mass is 302 g/mol. The van der Waals surface area contributed by atoms with Crippen LogP contribution in [-0.2, 0) is 0 Å². The lowest BCUT2D eigenvalue weighted by atomic mass is 9.84. The van der Waals surface area contributed by atoms with Crippen LogP contribution in [0.5, 0.6) is 0 Å². The minimum absolute atomic E-state index is 0.875. The van der Waals surface area contributed by atoms with Crippen LogP contribution in [0.15, 0.2) is 24.3 Å². The molecule has 1 heteroatoms. The average molecular weight is 303 g/mol. The molecule has 0 bridgehead atoms. The van der Waals surface area contributed by atoms with Gasteiger partial charge in [-0.15, -0.1) is 0 Å². The predicted octanol–water partition coefficient (Wildman–Crippen LogP) is 6.58. The Kier molecular flexibility index (Phi) is 4.78. The number of rotatable bonds is 5. The Bertz CT molecular complexity index is 400. The van der Waals surface area contributed by atoms with E-state index in [1.54, 1.807) is 19.3 Å². The van der Waals surface area contributed by atoms with Crippen molar-refractivity contribution in [2.75, 3.05) is 0 Å². The second kappa shape index (κ2) is 6.44. The van der Waals surface area contributed by atoms with Gasteiger partial charge >= 0.3 is 0 Å². The van der Waals surface area contributed by atoms with Crippen molar-refractivity contribution in [2.24, 2.45) is 17.8 Å². The van der Waals surface area contributed by atoms with Gasteiger partial charge in [0.05, 0.1) is 8.07 Å². The molecule has 3 aliphatic carbocycles. The minimum Gasteiger partial charge on any atom is -0.0808 e. The largest absolute Gasteiger partial charge is 0.0808 e. The van der Waals surface area contributed by atoms with Crippen LogP contribution in [0.25, 0.3) is 0 Å². The molecular weight excluding hydrogens is 268 g/mol. The third kappa shape index (κ3) is 2.95. The van der Waals surface area contributed by atoms with E-state index in [0.717, 1.165) is 28.8 Å². The van der Waals surface area contributed by atoms with E-state index in [0.29, 0.717) is 0 Å². The van der Waals surface area contributed by atoms with Crippen molar-refractivity contribution >= 4 is 8.07 Å². The molecule has 21 heavy (non-hydrogen) atoms. The molecule has 0 heterocycles. The quantitative estimate of drug-likeness (QED) is 0.503. The Labute approximate surface area is 133 Å². The summed E-state index contributed by atoms with van der Waals surface area (Å²) in [5, 5.41) is 0. The smallest absolute Gasteiger partial charge is 0.0542 e. The molecule has 0 saturated heterocycles. The summed E-state index contributed by atoms with van der Waals surface area (Å²) >= 11 is 0. The third-order valence-corrected chi connectivity index (χ3v) is 12.3. The first-order valence-corrected chi connectivity index (χ1v) is 12.6. The molecule has 2 saturated carbocycles. The summed E-state index contributed by atoms with van der Waals surface area (Å²) in [6.45, 7) is 7.82.